The summed E-state index contributed by atoms with van der Waals surface area (Å²) >= 11 is 0. The Kier molecular flexibility index (Phi) is 11.2. The Morgan fingerprint density at radius 3 is 2.40 bits per heavy atom. The lowest BCUT2D eigenvalue weighted by atomic mass is 10.0. The largest absolute Gasteiger partial charge is 0.483 e. The zero-order valence-corrected chi connectivity index (χ0v) is 28.4. The number of hydrogen-bond donors (Lipinski definition) is 2. The minimum Gasteiger partial charge on any atom is -0.483 e. The molecule has 47 heavy (non-hydrogen) atoms. The van der Waals surface area contributed by atoms with Crippen molar-refractivity contribution in [3.8, 4) is 5.75 Å². The van der Waals surface area contributed by atoms with Crippen LogP contribution in [0.3, 0.4) is 0 Å². The van der Waals surface area contributed by atoms with E-state index in [4.69, 9.17) is 4.74 Å². The normalized spacial score (nSPS) is 21.3. The van der Waals surface area contributed by atoms with Crippen LogP contribution in [-0.2, 0) is 20.8 Å². The van der Waals surface area contributed by atoms with E-state index in [0.29, 0.717) is 32.5 Å². The van der Waals surface area contributed by atoms with Gasteiger partial charge in [-0.25, -0.2) is 0 Å². The molecule has 0 unspecified atom stereocenters. The zero-order chi connectivity index (χ0) is 33.6. The third kappa shape index (κ3) is 8.71. The van der Waals surface area contributed by atoms with Crippen LogP contribution in [0.15, 0.2) is 54.6 Å². The molecule has 1 aliphatic carbocycles. The van der Waals surface area contributed by atoms with Gasteiger partial charge in [-0.2, -0.15) is 0 Å². The van der Waals surface area contributed by atoms with Gasteiger partial charge in [-0.15, -0.1) is 0 Å². The molecule has 5 rings (SSSR count). The highest BCUT2D eigenvalue weighted by Crippen LogP contribution is 2.38. The molecule has 254 valence electrons. The fourth-order valence-electron chi connectivity index (χ4n) is 6.85. The quantitative estimate of drug-likeness (QED) is 0.344. The number of likely N-dealkylation sites (N-methyl/N-ethyl adjacent to an activating group) is 1. The number of amides is 4. The molecule has 0 bridgehead atoms. The summed E-state index contributed by atoms with van der Waals surface area (Å²) in [6.07, 6.45) is 5.44. The third-order valence-electron chi connectivity index (χ3n) is 9.96. The number of carbonyl (C=O) groups is 4. The van der Waals surface area contributed by atoms with Crippen molar-refractivity contribution in [2.75, 3.05) is 39.8 Å². The molecule has 0 radical (unpaired) electrons. The van der Waals surface area contributed by atoms with E-state index in [1.54, 1.807) is 29.2 Å². The van der Waals surface area contributed by atoms with Crippen molar-refractivity contribution < 1.29 is 23.9 Å². The standard InChI is InChI=1S/C37H51N5O5/c1-5-37(17-18-37)39-33(43)25-47-32-16-10-9-14-29(32)34(44)38-30(22-26(2)3)35(45)42-19-11-15-31(42)36(46)41-21-20-40(4)28(24-41)23-27-12-7-6-8-13-27/h6-10,12-14,16,26,28,30-31H,5,11,15,17-25H2,1-4H3,(H,38,44)(H,39,43)/t28-,30+,31+/m0/s1. The summed E-state index contributed by atoms with van der Waals surface area (Å²) in [5.74, 6) is -0.497. The number of nitrogens with one attached hydrogen (secondary N) is 2. The molecule has 4 amide bonds. The zero-order valence-electron chi connectivity index (χ0n) is 28.4. The maximum Gasteiger partial charge on any atom is 0.258 e. The van der Waals surface area contributed by atoms with E-state index in [1.165, 1.54) is 5.56 Å². The number of nitrogens with zero attached hydrogens (tertiary/aromatic N) is 3. The van der Waals surface area contributed by atoms with E-state index < -0.39 is 18.0 Å². The van der Waals surface area contributed by atoms with Crippen LogP contribution in [-0.4, -0.2) is 102 Å². The molecule has 10 nitrogen and oxygen atoms in total. The Morgan fingerprint density at radius 2 is 1.70 bits per heavy atom. The summed E-state index contributed by atoms with van der Waals surface area (Å²) in [6, 6.07) is 15.9. The Hall–Kier alpha value is -3.92. The molecule has 2 heterocycles. The molecular formula is C37H51N5O5. The van der Waals surface area contributed by atoms with Gasteiger partial charge < -0.3 is 25.2 Å². The number of ether oxygens (including phenoxy) is 1. The molecular weight excluding hydrogens is 594 g/mol. The highest BCUT2D eigenvalue weighted by molar-refractivity contribution is 6.00. The number of likely N-dealkylation sites (tertiary alicyclic amines) is 1. The number of benzene rings is 2. The molecule has 2 N–H and O–H groups in total. The molecule has 0 aromatic heterocycles. The van der Waals surface area contributed by atoms with Crippen LogP contribution in [0.2, 0.25) is 0 Å². The van der Waals surface area contributed by atoms with Crippen molar-refractivity contribution in [1.82, 2.24) is 25.3 Å². The lowest BCUT2D eigenvalue weighted by Crippen LogP contribution is -2.59. The topological polar surface area (TPSA) is 111 Å². The van der Waals surface area contributed by atoms with Crippen LogP contribution in [0.25, 0.3) is 0 Å². The summed E-state index contributed by atoms with van der Waals surface area (Å²) in [7, 11) is 2.10. The highest BCUT2D eigenvalue weighted by Gasteiger charge is 2.43. The van der Waals surface area contributed by atoms with E-state index in [9.17, 15) is 19.2 Å². The van der Waals surface area contributed by atoms with Crippen molar-refractivity contribution >= 4 is 23.6 Å². The molecule has 1 saturated carbocycles. The highest BCUT2D eigenvalue weighted by atomic mass is 16.5. The molecule has 2 aromatic carbocycles. The van der Waals surface area contributed by atoms with E-state index in [0.717, 1.165) is 38.6 Å². The molecule has 10 heteroatoms. The second-order valence-corrected chi connectivity index (χ2v) is 13.9. The molecule has 0 spiro atoms. The number of para-hydroxylation sites is 1. The van der Waals surface area contributed by atoms with E-state index in [2.05, 4.69) is 41.6 Å². The lowest BCUT2D eigenvalue weighted by Gasteiger charge is -2.41. The van der Waals surface area contributed by atoms with Gasteiger partial charge in [0.15, 0.2) is 6.61 Å². The van der Waals surface area contributed by atoms with Crippen molar-refractivity contribution in [2.45, 2.75) is 89.4 Å². The maximum absolute atomic E-state index is 14.1. The van der Waals surface area contributed by atoms with Gasteiger partial charge in [0.05, 0.1) is 5.56 Å². The molecule has 2 aliphatic heterocycles. The Labute approximate surface area is 279 Å². The van der Waals surface area contributed by atoms with Gasteiger partial charge in [-0.1, -0.05) is 63.2 Å². The third-order valence-corrected chi connectivity index (χ3v) is 9.96. The van der Waals surface area contributed by atoms with E-state index in [1.807, 2.05) is 36.9 Å². The van der Waals surface area contributed by atoms with Gasteiger partial charge >= 0.3 is 0 Å². The Balaban J connectivity index is 1.24. The van der Waals surface area contributed by atoms with Gasteiger partial charge in [0, 0.05) is 37.8 Å². The first kappa shape index (κ1) is 34.4. The van der Waals surface area contributed by atoms with Crippen molar-refractivity contribution in [3.05, 3.63) is 65.7 Å². The molecule has 2 aromatic rings. The summed E-state index contributed by atoms with van der Waals surface area (Å²) in [4.78, 5) is 60.2. The average molecular weight is 646 g/mol. The average Bonchev–Trinajstić information content (AvgIpc) is 3.66. The molecule has 2 saturated heterocycles. The monoisotopic (exact) mass is 645 g/mol. The summed E-state index contributed by atoms with van der Waals surface area (Å²) in [5.41, 5.74) is 1.38. The SMILES string of the molecule is CCC1(NC(=O)COc2ccccc2C(=O)N[C@H](CC(C)C)C(=O)N2CCC[C@@H]2C(=O)N2CCN(C)[C@@H](Cc3ccccc3)C2)CC1. The van der Waals surface area contributed by atoms with Crippen LogP contribution in [0.1, 0.15) is 75.2 Å². The van der Waals surface area contributed by atoms with Crippen molar-refractivity contribution in [2.24, 2.45) is 5.92 Å². The molecule has 3 atom stereocenters. The van der Waals surface area contributed by atoms with Crippen molar-refractivity contribution in [1.29, 1.82) is 0 Å². The van der Waals surface area contributed by atoms with Crippen LogP contribution in [0, 0.1) is 5.92 Å². The van der Waals surface area contributed by atoms with Gasteiger partial charge in [0.2, 0.25) is 11.8 Å². The molecule has 3 fully saturated rings. The first-order valence-electron chi connectivity index (χ1n) is 17.3. The second-order valence-electron chi connectivity index (χ2n) is 13.9. The summed E-state index contributed by atoms with van der Waals surface area (Å²) < 4.78 is 5.81. The predicted molar refractivity (Wildman–Crippen MR) is 181 cm³/mol. The predicted octanol–water partition coefficient (Wildman–Crippen LogP) is 3.65. The number of rotatable bonds is 13. The van der Waals surface area contributed by atoms with Gasteiger partial charge in [0.25, 0.3) is 11.8 Å². The number of hydrogen-bond acceptors (Lipinski definition) is 6. The smallest absolute Gasteiger partial charge is 0.258 e. The Morgan fingerprint density at radius 1 is 0.979 bits per heavy atom. The van der Waals surface area contributed by atoms with Crippen LogP contribution < -0.4 is 15.4 Å². The number of carbonyl (C=O) groups excluding carboxylic acids is 4. The van der Waals surface area contributed by atoms with Crippen molar-refractivity contribution in [3.63, 3.8) is 0 Å². The number of piperazine rings is 1. The van der Waals surface area contributed by atoms with Gasteiger partial charge in [0.1, 0.15) is 17.8 Å². The van der Waals surface area contributed by atoms with Gasteiger partial charge in [-0.3, -0.25) is 24.1 Å². The van der Waals surface area contributed by atoms with E-state index >= 15 is 0 Å². The minimum absolute atomic E-state index is 0.00953. The van der Waals surface area contributed by atoms with Crippen LogP contribution >= 0.6 is 0 Å². The molecule has 3 aliphatic rings. The first-order chi connectivity index (χ1) is 22.6. The fourth-order valence-corrected chi connectivity index (χ4v) is 6.85. The maximum atomic E-state index is 14.1. The summed E-state index contributed by atoms with van der Waals surface area (Å²) in [5, 5.41) is 6.00. The lowest BCUT2D eigenvalue weighted by molar-refractivity contribution is -0.146. The van der Waals surface area contributed by atoms with Crippen LogP contribution in [0.5, 0.6) is 5.75 Å². The first-order valence-corrected chi connectivity index (χ1v) is 17.3. The van der Waals surface area contributed by atoms with Gasteiger partial charge in [-0.05, 0) is 75.6 Å². The van der Waals surface area contributed by atoms with Crippen LogP contribution in [0.4, 0.5) is 0 Å². The Bertz CT molecular complexity index is 1410. The second kappa shape index (κ2) is 15.3. The summed E-state index contributed by atoms with van der Waals surface area (Å²) in [6.45, 7) is 8.37. The van der Waals surface area contributed by atoms with E-state index in [-0.39, 0.29) is 53.1 Å². The minimum atomic E-state index is -0.801. The fraction of sp³-hybridized carbons (Fsp3) is 0.568.